The zero-order valence-electron chi connectivity index (χ0n) is 12.6. The lowest BCUT2D eigenvalue weighted by atomic mass is 9.92. The van der Waals surface area contributed by atoms with Crippen LogP contribution in [0.25, 0.3) is 0 Å². The van der Waals surface area contributed by atoms with Gasteiger partial charge in [-0.2, -0.15) is 0 Å². The van der Waals surface area contributed by atoms with Gasteiger partial charge < -0.3 is 18.9 Å². The van der Waals surface area contributed by atoms with E-state index in [0.29, 0.717) is 0 Å². The summed E-state index contributed by atoms with van der Waals surface area (Å²) in [7, 11) is 4.21. The summed E-state index contributed by atoms with van der Waals surface area (Å²) in [5, 5.41) is 0. The summed E-state index contributed by atoms with van der Waals surface area (Å²) in [6.07, 6.45) is 0.175. The highest BCUT2D eigenvalue weighted by atomic mass is 16.6. The minimum Gasteiger partial charge on any atom is -0.468 e. The van der Waals surface area contributed by atoms with Crippen molar-refractivity contribution in [3.8, 4) is 0 Å². The zero-order valence-corrected chi connectivity index (χ0v) is 12.6. The summed E-state index contributed by atoms with van der Waals surface area (Å²) >= 11 is 0. The van der Waals surface area contributed by atoms with Gasteiger partial charge in [-0.15, -0.1) is 0 Å². The quantitative estimate of drug-likeness (QED) is 0.387. The van der Waals surface area contributed by atoms with Gasteiger partial charge in [0.05, 0.1) is 28.4 Å². The molecule has 0 N–H and O–H groups in total. The first-order valence-electron chi connectivity index (χ1n) is 6.21. The predicted molar refractivity (Wildman–Crippen MR) is 66.7 cm³/mol. The van der Waals surface area contributed by atoms with Crippen molar-refractivity contribution in [2.45, 2.75) is 13.3 Å². The van der Waals surface area contributed by atoms with Crippen molar-refractivity contribution in [3.05, 3.63) is 0 Å². The molecule has 0 saturated heterocycles. The third kappa shape index (κ3) is 1.74. The van der Waals surface area contributed by atoms with Crippen molar-refractivity contribution in [3.63, 3.8) is 0 Å². The van der Waals surface area contributed by atoms with Crippen LogP contribution in [0.3, 0.4) is 0 Å². The lowest BCUT2D eigenvalue weighted by Crippen LogP contribution is -2.42. The molecule has 8 heteroatoms. The first-order chi connectivity index (χ1) is 9.87. The van der Waals surface area contributed by atoms with E-state index >= 15 is 0 Å². The molecule has 1 saturated carbocycles. The van der Waals surface area contributed by atoms with Gasteiger partial charge in [0.2, 0.25) is 0 Å². The Bertz CT molecular complexity index is 407. The van der Waals surface area contributed by atoms with Crippen LogP contribution in [0, 0.1) is 16.7 Å². The van der Waals surface area contributed by atoms with E-state index in [4.69, 9.17) is 0 Å². The van der Waals surface area contributed by atoms with Crippen molar-refractivity contribution in [2.75, 3.05) is 28.4 Å². The van der Waals surface area contributed by atoms with Gasteiger partial charge in [-0.05, 0) is 6.42 Å². The molecule has 0 heterocycles. The first kappa shape index (κ1) is 16.9. The monoisotopic (exact) mass is 302 g/mol. The number of methoxy groups -OCH3 is 4. The molecule has 8 nitrogen and oxygen atoms in total. The molecule has 0 aromatic heterocycles. The minimum absolute atomic E-state index is 0.175. The number of carbonyl (C=O) groups excluding carboxylic acids is 4. The van der Waals surface area contributed by atoms with Gasteiger partial charge >= 0.3 is 23.9 Å². The summed E-state index contributed by atoms with van der Waals surface area (Å²) in [5.41, 5.74) is -4.16. The van der Waals surface area contributed by atoms with Gasteiger partial charge in [0.1, 0.15) is 0 Å². The normalized spacial score (nSPS) is 18.3. The SMILES string of the molecule is CCC1C(C(=O)OC)(C(=O)OC)C1(C(=O)OC)C(=O)OC. The number of carbonyl (C=O) groups is 4. The fourth-order valence-corrected chi connectivity index (χ4v) is 3.19. The molecule has 0 unspecified atom stereocenters. The molecule has 0 spiro atoms. The second-order valence-electron chi connectivity index (χ2n) is 4.54. The third-order valence-corrected chi connectivity index (χ3v) is 4.02. The van der Waals surface area contributed by atoms with Crippen LogP contribution in [0.15, 0.2) is 0 Å². The van der Waals surface area contributed by atoms with Crippen molar-refractivity contribution in [1.82, 2.24) is 0 Å². The molecule has 0 bridgehead atoms. The van der Waals surface area contributed by atoms with E-state index in [1.54, 1.807) is 6.92 Å². The van der Waals surface area contributed by atoms with Crippen LogP contribution in [0.2, 0.25) is 0 Å². The average Bonchev–Trinajstić information content (AvgIpc) is 3.16. The van der Waals surface area contributed by atoms with E-state index in [1.807, 2.05) is 0 Å². The van der Waals surface area contributed by atoms with Gasteiger partial charge in [-0.3, -0.25) is 19.2 Å². The zero-order chi connectivity index (χ0) is 16.4. The van der Waals surface area contributed by atoms with E-state index in [1.165, 1.54) is 0 Å². The summed E-state index contributed by atoms with van der Waals surface area (Å²) in [6, 6.07) is 0. The molecule has 1 aliphatic carbocycles. The highest BCUT2D eigenvalue weighted by Crippen LogP contribution is 2.72. The predicted octanol–water partition coefficient (Wildman–Crippen LogP) is -0.309. The Morgan fingerprint density at radius 3 is 1.10 bits per heavy atom. The molecular weight excluding hydrogens is 284 g/mol. The van der Waals surface area contributed by atoms with Crippen LogP contribution in [0.4, 0.5) is 0 Å². The maximum Gasteiger partial charge on any atom is 0.325 e. The summed E-state index contributed by atoms with van der Waals surface area (Å²) in [4.78, 5) is 48.7. The topological polar surface area (TPSA) is 105 Å². The van der Waals surface area contributed by atoms with E-state index in [0.717, 1.165) is 28.4 Å². The van der Waals surface area contributed by atoms with E-state index in [9.17, 15) is 19.2 Å². The molecule has 0 aromatic carbocycles. The maximum atomic E-state index is 12.2. The van der Waals surface area contributed by atoms with Gasteiger partial charge in [0.25, 0.3) is 0 Å². The van der Waals surface area contributed by atoms with Gasteiger partial charge in [0.15, 0.2) is 10.8 Å². The average molecular weight is 302 g/mol. The van der Waals surface area contributed by atoms with E-state index in [2.05, 4.69) is 18.9 Å². The van der Waals surface area contributed by atoms with Gasteiger partial charge in [0, 0.05) is 5.92 Å². The summed E-state index contributed by atoms with van der Waals surface area (Å²) in [5.74, 6) is -5.08. The van der Waals surface area contributed by atoms with Gasteiger partial charge in [-0.25, -0.2) is 0 Å². The maximum absolute atomic E-state index is 12.2. The molecule has 0 atom stereocenters. The molecule has 0 aromatic rings. The van der Waals surface area contributed by atoms with Crippen molar-refractivity contribution >= 4 is 23.9 Å². The van der Waals surface area contributed by atoms with Crippen LogP contribution in [0.1, 0.15) is 13.3 Å². The fraction of sp³-hybridized carbons (Fsp3) is 0.692. The van der Waals surface area contributed by atoms with Crippen LogP contribution >= 0.6 is 0 Å². The van der Waals surface area contributed by atoms with Gasteiger partial charge in [-0.1, -0.05) is 6.92 Å². The third-order valence-electron chi connectivity index (χ3n) is 4.02. The van der Waals surface area contributed by atoms with Crippen LogP contribution in [-0.4, -0.2) is 52.3 Å². The highest BCUT2D eigenvalue weighted by molar-refractivity contribution is 6.21. The van der Waals surface area contributed by atoms with E-state index in [-0.39, 0.29) is 6.42 Å². The standard InChI is InChI=1S/C13H18O8/c1-6-7-12(8(14)18-2,9(15)19-3)13(7,10(16)20-4)11(17)21-5/h7H,6H2,1-5H3. The molecule has 0 radical (unpaired) electrons. The van der Waals surface area contributed by atoms with Crippen molar-refractivity contribution in [2.24, 2.45) is 16.7 Å². The molecule has 118 valence electrons. The largest absolute Gasteiger partial charge is 0.468 e. The molecule has 1 aliphatic rings. The molecule has 1 fully saturated rings. The van der Waals surface area contributed by atoms with Crippen molar-refractivity contribution < 1.29 is 38.1 Å². The molecule has 0 aliphatic heterocycles. The first-order valence-corrected chi connectivity index (χ1v) is 6.21. The van der Waals surface area contributed by atoms with Crippen LogP contribution < -0.4 is 0 Å². The molecule has 21 heavy (non-hydrogen) atoms. The smallest absolute Gasteiger partial charge is 0.325 e. The number of ether oxygens (including phenoxy) is 4. The lowest BCUT2D eigenvalue weighted by Gasteiger charge is -2.18. The number of hydrogen-bond donors (Lipinski definition) is 0. The number of hydrogen-bond acceptors (Lipinski definition) is 8. The molecule has 0 amide bonds. The number of esters is 4. The fourth-order valence-electron chi connectivity index (χ4n) is 3.19. The second kappa shape index (κ2) is 5.71. The molecular formula is C13H18O8. The Hall–Kier alpha value is -2.12. The highest BCUT2D eigenvalue weighted by Gasteiger charge is 2.94. The Balaban J connectivity index is 3.62. The Kier molecular flexibility index (Phi) is 4.60. The van der Waals surface area contributed by atoms with Crippen LogP contribution in [-0.2, 0) is 38.1 Å². The lowest BCUT2D eigenvalue weighted by molar-refractivity contribution is -0.176. The van der Waals surface area contributed by atoms with Crippen LogP contribution in [0.5, 0.6) is 0 Å². The Labute approximate surface area is 121 Å². The summed E-state index contributed by atoms with van der Waals surface area (Å²) in [6.45, 7) is 1.62. The molecule has 1 rings (SSSR count). The second-order valence-corrected chi connectivity index (χ2v) is 4.54. The van der Waals surface area contributed by atoms with E-state index < -0.39 is 40.6 Å². The van der Waals surface area contributed by atoms with Crippen molar-refractivity contribution in [1.29, 1.82) is 0 Å². The summed E-state index contributed by atoms with van der Waals surface area (Å²) < 4.78 is 18.5. The Morgan fingerprint density at radius 2 is 0.952 bits per heavy atom. The Morgan fingerprint density at radius 1 is 0.714 bits per heavy atom. The minimum atomic E-state index is -2.08. The number of rotatable bonds is 5.